The molecule has 12 heavy (non-hydrogen) atoms. The molecule has 0 spiro atoms. The van der Waals surface area contributed by atoms with Crippen LogP contribution in [0.1, 0.15) is 33.1 Å². The summed E-state index contributed by atoms with van der Waals surface area (Å²) >= 11 is 4.09. The van der Waals surface area contributed by atoms with Gasteiger partial charge in [-0.15, -0.1) is 35.9 Å². The Kier molecular flexibility index (Phi) is 9.55. The number of rotatable bonds is 7. The Morgan fingerprint density at radius 1 is 1.25 bits per heavy atom. The third-order valence-corrected chi connectivity index (χ3v) is 4.16. The lowest BCUT2D eigenvalue weighted by Gasteiger charge is -2.12. The second kappa shape index (κ2) is 9.35. The van der Waals surface area contributed by atoms with Crippen molar-refractivity contribution < 1.29 is 0 Å². The fourth-order valence-corrected chi connectivity index (χ4v) is 3.57. The first-order chi connectivity index (χ1) is 5.85. The number of unbranched alkanes of at least 4 members (excludes halogenated alkanes) is 1. The summed E-state index contributed by atoms with van der Waals surface area (Å²) in [4.78, 5) is 0. The lowest BCUT2D eigenvalue weighted by Crippen LogP contribution is -1.97. The van der Waals surface area contributed by atoms with Crippen LogP contribution >= 0.6 is 23.5 Å². The normalized spacial score (nSPS) is 10.2. The molecule has 2 heteroatoms. The molecule has 0 saturated carbocycles. The molecule has 0 aromatic heterocycles. The monoisotopic (exact) mass is 202 g/mol. The number of terminal acetylenes is 1. The summed E-state index contributed by atoms with van der Waals surface area (Å²) in [5.74, 6) is 5.12. The van der Waals surface area contributed by atoms with E-state index >= 15 is 0 Å². The standard InChI is InChI=1S/C10H18S2/c1-4-7-8-9-10(11-5-2)12-6-3/h1,10H,5-9H2,2-3H3. The van der Waals surface area contributed by atoms with Gasteiger partial charge in [0.05, 0.1) is 4.58 Å². The maximum atomic E-state index is 5.20. The molecule has 0 radical (unpaired) electrons. The second-order valence-corrected chi connectivity index (χ2v) is 5.69. The molecular formula is C10H18S2. The molecule has 0 atom stereocenters. The van der Waals surface area contributed by atoms with Crippen molar-refractivity contribution >= 4 is 23.5 Å². The molecule has 0 aromatic carbocycles. The third-order valence-electron chi connectivity index (χ3n) is 1.47. The molecule has 0 heterocycles. The van der Waals surface area contributed by atoms with Crippen molar-refractivity contribution in [2.45, 2.75) is 37.7 Å². The van der Waals surface area contributed by atoms with E-state index in [0.29, 0.717) is 0 Å². The van der Waals surface area contributed by atoms with Gasteiger partial charge in [-0.1, -0.05) is 13.8 Å². The highest BCUT2D eigenvalue weighted by molar-refractivity contribution is 8.16. The molecule has 0 aromatic rings. The van der Waals surface area contributed by atoms with Gasteiger partial charge in [0.15, 0.2) is 0 Å². The van der Waals surface area contributed by atoms with Crippen molar-refractivity contribution in [2.24, 2.45) is 0 Å². The van der Waals surface area contributed by atoms with E-state index in [-0.39, 0.29) is 0 Å². The summed E-state index contributed by atoms with van der Waals surface area (Å²) in [6, 6.07) is 0. The van der Waals surface area contributed by atoms with Crippen molar-refractivity contribution in [3.8, 4) is 12.3 Å². The van der Waals surface area contributed by atoms with Crippen LogP contribution in [0.5, 0.6) is 0 Å². The molecule has 0 amide bonds. The first-order valence-electron chi connectivity index (χ1n) is 4.51. The maximum absolute atomic E-state index is 5.20. The Balaban J connectivity index is 3.42. The highest BCUT2D eigenvalue weighted by Crippen LogP contribution is 2.27. The molecule has 0 aliphatic rings. The summed E-state index contributed by atoms with van der Waals surface area (Å²) < 4.78 is 0.772. The van der Waals surface area contributed by atoms with Gasteiger partial charge in [-0.3, -0.25) is 0 Å². The van der Waals surface area contributed by atoms with E-state index < -0.39 is 0 Å². The van der Waals surface area contributed by atoms with Crippen LogP contribution in [0.25, 0.3) is 0 Å². The van der Waals surface area contributed by atoms with Crippen molar-refractivity contribution in [2.75, 3.05) is 11.5 Å². The highest BCUT2D eigenvalue weighted by atomic mass is 32.2. The Bertz CT molecular complexity index is 120. The minimum Gasteiger partial charge on any atom is -0.148 e. The maximum Gasteiger partial charge on any atom is 0.0502 e. The van der Waals surface area contributed by atoms with Gasteiger partial charge in [0.1, 0.15) is 0 Å². The fraction of sp³-hybridized carbons (Fsp3) is 0.800. The van der Waals surface area contributed by atoms with Crippen LogP contribution in [0.4, 0.5) is 0 Å². The number of hydrogen-bond donors (Lipinski definition) is 0. The van der Waals surface area contributed by atoms with Gasteiger partial charge in [-0.05, 0) is 24.3 Å². The van der Waals surface area contributed by atoms with Gasteiger partial charge in [-0.25, -0.2) is 0 Å². The van der Waals surface area contributed by atoms with Crippen LogP contribution in [0.15, 0.2) is 0 Å². The van der Waals surface area contributed by atoms with Gasteiger partial charge in [0.25, 0.3) is 0 Å². The summed E-state index contributed by atoms with van der Waals surface area (Å²) in [5, 5.41) is 0. The topological polar surface area (TPSA) is 0 Å². The Morgan fingerprint density at radius 2 is 1.83 bits per heavy atom. The summed E-state index contributed by atoms with van der Waals surface area (Å²) in [6.07, 6.45) is 8.58. The van der Waals surface area contributed by atoms with E-state index in [1.165, 1.54) is 24.3 Å². The highest BCUT2D eigenvalue weighted by Gasteiger charge is 2.05. The van der Waals surface area contributed by atoms with Crippen molar-refractivity contribution in [1.82, 2.24) is 0 Å². The molecular weight excluding hydrogens is 184 g/mol. The average molecular weight is 202 g/mol. The van der Waals surface area contributed by atoms with E-state index in [0.717, 1.165) is 11.0 Å². The Hall–Kier alpha value is 0.260. The SMILES string of the molecule is C#CCCCC(SCC)SCC. The zero-order valence-electron chi connectivity index (χ0n) is 8.01. The van der Waals surface area contributed by atoms with Gasteiger partial charge < -0.3 is 0 Å². The van der Waals surface area contributed by atoms with Gasteiger partial charge in [0, 0.05) is 6.42 Å². The molecule has 70 valence electrons. The summed E-state index contributed by atoms with van der Waals surface area (Å²) in [7, 11) is 0. The van der Waals surface area contributed by atoms with Gasteiger partial charge >= 0.3 is 0 Å². The number of hydrogen-bond acceptors (Lipinski definition) is 2. The lowest BCUT2D eigenvalue weighted by atomic mass is 10.3. The first kappa shape index (κ1) is 12.3. The molecule has 0 aliphatic carbocycles. The van der Waals surface area contributed by atoms with Crippen molar-refractivity contribution in [3.05, 3.63) is 0 Å². The van der Waals surface area contributed by atoms with Crippen LogP contribution in [0.2, 0.25) is 0 Å². The van der Waals surface area contributed by atoms with Gasteiger partial charge in [-0.2, -0.15) is 0 Å². The molecule has 0 N–H and O–H groups in total. The zero-order chi connectivity index (χ0) is 9.23. The quantitative estimate of drug-likeness (QED) is 0.351. The minimum absolute atomic E-state index is 0.772. The first-order valence-corrected chi connectivity index (χ1v) is 6.61. The second-order valence-electron chi connectivity index (χ2n) is 2.44. The summed E-state index contributed by atoms with van der Waals surface area (Å²) in [5.41, 5.74) is 0. The molecule has 0 bridgehead atoms. The van der Waals surface area contributed by atoms with Crippen LogP contribution in [0, 0.1) is 12.3 Å². The van der Waals surface area contributed by atoms with Crippen LogP contribution in [0.3, 0.4) is 0 Å². The lowest BCUT2D eigenvalue weighted by molar-refractivity contribution is 0.816. The van der Waals surface area contributed by atoms with E-state index in [9.17, 15) is 0 Å². The minimum atomic E-state index is 0.772. The Morgan fingerprint density at radius 3 is 2.25 bits per heavy atom. The van der Waals surface area contributed by atoms with Crippen molar-refractivity contribution in [1.29, 1.82) is 0 Å². The largest absolute Gasteiger partial charge is 0.148 e. The van der Waals surface area contributed by atoms with E-state index in [1.807, 2.05) is 23.5 Å². The van der Waals surface area contributed by atoms with Crippen LogP contribution < -0.4 is 0 Å². The van der Waals surface area contributed by atoms with E-state index in [1.54, 1.807) is 0 Å². The predicted molar refractivity (Wildman–Crippen MR) is 62.7 cm³/mol. The average Bonchev–Trinajstić information content (AvgIpc) is 2.06. The van der Waals surface area contributed by atoms with E-state index in [2.05, 4.69) is 19.8 Å². The van der Waals surface area contributed by atoms with Crippen LogP contribution in [-0.4, -0.2) is 16.1 Å². The molecule has 0 rings (SSSR count). The number of thioether (sulfide) groups is 2. The Labute approximate surface area is 85.3 Å². The van der Waals surface area contributed by atoms with Gasteiger partial charge in [0.2, 0.25) is 0 Å². The van der Waals surface area contributed by atoms with Crippen molar-refractivity contribution in [3.63, 3.8) is 0 Å². The summed E-state index contributed by atoms with van der Waals surface area (Å²) in [6.45, 7) is 4.43. The zero-order valence-corrected chi connectivity index (χ0v) is 9.64. The molecule has 0 aliphatic heterocycles. The molecule has 0 fully saturated rings. The van der Waals surface area contributed by atoms with E-state index in [4.69, 9.17) is 6.42 Å². The molecule has 0 unspecified atom stereocenters. The smallest absolute Gasteiger partial charge is 0.0502 e. The van der Waals surface area contributed by atoms with Crippen LogP contribution in [-0.2, 0) is 0 Å². The molecule has 0 nitrogen and oxygen atoms in total. The predicted octanol–water partition coefficient (Wildman–Crippen LogP) is 3.62. The third kappa shape index (κ3) is 6.94. The fourth-order valence-electron chi connectivity index (χ4n) is 0.957. The molecule has 0 saturated heterocycles.